The highest BCUT2D eigenvalue weighted by atomic mass is 19.4. The lowest BCUT2D eigenvalue weighted by Crippen LogP contribution is -2.53. The highest BCUT2D eigenvalue weighted by Gasteiger charge is 2.43. The molecule has 29 heavy (non-hydrogen) atoms. The quantitative estimate of drug-likeness (QED) is 0.703. The molecule has 8 heteroatoms. The van der Waals surface area contributed by atoms with Crippen LogP contribution in [-0.2, 0) is 23.1 Å². The van der Waals surface area contributed by atoms with E-state index in [1.807, 2.05) is 6.92 Å². The molecule has 0 aliphatic rings. The molecular weight excluding hydrogens is 383 g/mol. The molecule has 1 amide bonds. The second-order valence-electron chi connectivity index (χ2n) is 7.01. The minimum atomic E-state index is -4.71. The molecule has 156 valence electrons. The average molecular weight is 407 g/mol. The van der Waals surface area contributed by atoms with Gasteiger partial charge in [0.1, 0.15) is 11.3 Å². The molecule has 1 aromatic carbocycles. The largest absolute Gasteiger partial charge is 0.468 e. The number of nitrogens with one attached hydrogen (secondary N) is 1. The standard InChI is InChI=1S/C21H24F3N3O2/c1-4-5-10-20(19(28)27(2)3,26-14-17-7-6-11-29-17)16-9-8-15(13-25)18(12-16)21(22,23)24/h6-9,11-12,26H,4-5,10,14H2,1-3H3/t20-/m1/s1. The maximum absolute atomic E-state index is 13.5. The van der Waals surface area contributed by atoms with Gasteiger partial charge in [-0.1, -0.05) is 25.8 Å². The first-order valence-corrected chi connectivity index (χ1v) is 9.26. The Morgan fingerprint density at radius 1 is 1.28 bits per heavy atom. The summed E-state index contributed by atoms with van der Waals surface area (Å²) in [6.07, 6.45) is -1.55. The summed E-state index contributed by atoms with van der Waals surface area (Å²) >= 11 is 0. The third kappa shape index (κ3) is 4.98. The van der Waals surface area contributed by atoms with E-state index in [-0.39, 0.29) is 18.0 Å². The van der Waals surface area contributed by atoms with Crippen LogP contribution in [0.2, 0.25) is 0 Å². The Labute approximate surface area is 168 Å². The number of furan rings is 1. The van der Waals surface area contributed by atoms with Gasteiger partial charge in [-0.3, -0.25) is 10.1 Å². The van der Waals surface area contributed by atoms with Crippen molar-refractivity contribution in [3.8, 4) is 6.07 Å². The van der Waals surface area contributed by atoms with Gasteiger partial charge < -0.3 is 9.32 Å². The lowest BCUT2D eigenvalue weighted by molar-refractivity contribution is -0.139. The fourth-order valence-corrected chi connectivity index (χ4v) is 3.26. The predicted octanol–water partition coefficient (Wildman–Crippen LogP) is 4.43. The molecule has 0 fully saturated rings. The number of benzene rings is 1. The second kappa shape index (κ2) is 9.14. The number of carbonyl (C=O) groups excluding carboxylic acids is 1. The van der Waals surface area contributed by atoms with Crippen molar-refractivity contribution in [2.75, 3.05) is 14.1 Å². The van der Waals surface area contributed by atoms with Crippen LogP contribution in [0.15, 0.2) is 41.0 Å². The van der Waals surface area contributed by atoms with Crippen LogP contribution in [0.5, 0.6) is 0 Å². The first-order valence-electron chi connectivity index (χ1n) is 9.26. The lowest BCUT2D eigenvalue weighted by atomic mass is 9.82. The molecule has 5 nitrogen and oxygen atoms in total. The maximum Gasteiger partial charge on any atom is 0.417 e. The van der Waals surface area contributed by atoms with E-state index in [0.717, 1.165) is 18.6 Å². The van der Waals surface area contributed by atoms with Gasteiger partial charge in [0.05, 0.1) is 30.0 Å². The number of nitrogens with zero attached hydrogens (tertiary/aromatic N) is 2. The molecule has 1 aromatic heterocycles. The van der Waals surface area contributed by atoms with E-state index in [4.69, 9.17) is 9.68 Å². The predicted molar refractivity (Wildman–Crippen MR) is 102 cm³/mol. The zero-order valence-electron chi connectivity index (χ0n) is 16.6. The SMILES string of the molecule is CCCC[C@](NCc1ccco1)(C(=O)N(C)C)c1ccc(C#N)c(C(F)(F)F)c1. The van der Waals surface area contributed by atoms with Crippen LogP contribution in [0, 0.1) is 11.3 Å². The van der Waals surface area contributed by atoms with Gasteiger partial charge in [0, 0.05) is 14.1 Å². The Kier molecular flexibility index (Phi) is 7.09. The number of unbranched alkanes of at least 4 members (excludes halogenated alkanes) is 1. The van der Waals surface area contributed by atoms with Crippen molar-refractivity contribution in [3.63, 3.8) is 0 Å². The molecule has 0 spiro atoms. The number of likely N-dealkylation sites (N-methyl/N-ethyl adjacent to an activating group) is 1. The van der Waals surface area contributed by atoms with Crippen molar-refractivity contribution >= 4 is 5.91 Å². The Bertz CT molecular complexity index is 870. The summed E-state index contributed by atoms with van der Waals surface area (Å²) in [5.41, 5.74) is -2.75. The number of alkyl halides is 3. The van der Waals surface area contributed by atoms with Gasteiger partial charge in [0.2, 0.25) is 5.91 Å². The van der Waals surface area contributed by atoms with E-state index in [1.165, 1.54) is 17.2 Å². The fraction of sp³-hybridized carbons (Fsp3) is 0.429. The molecule has 0 saturated carbocycles. The van der Waals surface area contributed by atoms with E-state index >= 15 is 0 Å². The lowest BCUT2D eigenvalue weighted by Gasteiger charge is -2.36. The normalized spacial score (nSPS) is 13.6. The molecule has 0 aliphatic heterocycles. The van der Waals surface area contributed by atoms with E-state index in [1.54, 1.807) is 32.3 Å². The molecule has 2 aromatic rings. The number of amides is 1. The molecule has 0 unspecified atom stereocenters. The van der Waals surface area contributed by atoms with E-state index in [9.17, 15) is 18.0 Å². The van der Waals surface area contributed by atoms with Crippen LogP contribution in [0.3, 0.4) is 0 Å². The van der Waals surface area contributed by atoms with Gasteiger partial charge in [-0.2, -0.15) is 18.4 Å². The highest BCUT2D eigenvalue weighted by Crippen LogP contribution is 2.37. The molecule has 0 aliphatic carbocycles. The third-order valence-corrected chi connectivity index (χ3v) is 4.76. The van der Waals surface area contributed by atoms with Crippen LogP contribution in [0.25, 0.3) is 0 Å². The smallest absolute Gasteiger partial charge is 0.417 e. The molecule has 0 bridgehead atoms. The zero-order valence-corrected chi connectivity index (χ0v) is 16.6. The first-order chi connectivity index (χ1) is 13.7. The monoisotopic (exact) mass is 407 g/mol. The first kappa shape index (κ1) is 22.5. The topological polar surface area (TPSA) is 69.3 Å². The number of hydrogen-bond acceptors (Lipinski definition) is 4. The number of nitriles is 1. The molecule has 0 saturated heterocycles. The molecule has 1 N–H and O–H groups in total. The maximum atomic E-state index is 13.5. The Morgan fingerprint density at radius 2 is 2.00 bits per heavy atom. The van der Waals surface area contributed by atoms with Gasteiger partial charge in [-0.15, -0.1) is 0 Å². The van der Waals surface area contributed by atoms with Crippen LogP contribution < -0.4 is 5.32 Å². The van der Waals surface area contributed by atoms with Crippen LogP contribution in [-0.4, -0.2) is 24.9 Å². The van der Waals surface area contributed by atoms with Gasteiger partial charge in [-0.25, -0.2) is 0 Å². The van der Waals surface area contributed by atoms with Crippen LogP contribution >= 0.6 is 0 Å². The summed E-state index contributed by atoms with van der Waals surface area (Å²) in [6, 6.07) is 8.44. The number of carbonyl (C=O) groups is 1. The molecule has 1 atom stereocenters. The zero-order chi connectivity index (χ0) is 21.7. The second-order valence-corrected chi connectivity index (χ2v) is 7.01. The van der Waals surface area contributed by atoms with Crippen molar-refractivity contribution in [1.82, 2.24) is 10.2 Å². The molecular formula is C21H24F3N3O2. The average Bonchev–Trinajstić information content (AvgIpc) is 3.20. The summed E-state index contributed by atoms with van der Waals surface area (Å²) in [5.74, 6) is 0.192. The van der Waals surface area contributed by atoms with Gasteiger partial charge >= 0.3 is 6.18 Å². The minimum Gasteiger partial charge on any atom is -0.468 e. The van der Waals surface area contributed by atoms with Gasteiger partial charge in [0.25, 0.3) is 0 Å². The Morgan fingerprint density at radius 3 is 2.52 bits per heavy atom. The van der Waals surface area contributed by atoms with Crippen LogP contribution in [0.4, 0.5) is 13.2 Å². The number of rotatable bonds is 8. The third-order valence-electron chi connectivity index (χ3n) is 4.76. The summed E-state index contributed by atoms with van der Waals surface area (Å²) in [6.45, 7) is 2.11. The summed E-state index contributed by atoms with van der Waals surface area (Å²) in [7, 11) is 3.12. The van der Waals surface area contributed by atoms with Gasteiger partial charge in [0.15, 0.2) is 0 Å². The van der Waals surface area contributed by atoms with Gasteiger partial charge in [-0.05, 0) is 36.2 Å². The molecule has 1 heterocycles. The van der Waals surface area contributed by atoms with E-state index in [0.29, 0.717) is 18.6 Å². The Balaban J connectivity index is 2.63. The highest BCUT2D eigenvalue weighted by molar-refractivity contribution is 5.87. The van der Waals surface area contributed by atoms with Crippen LogP contribution in [0.1, 0.15) is 48.6 Å². The summed E-state index contributed by atoms with van der Waals surface area (Å²) < 4.78 is 45.9. The van der Waals surface area contributed by atoms with Crippen molar-refractivity contribution in [2.45, 2.75) is 44.4 Å². The minimum absolute atomic E-state index is 0.164. The number of hydrogen-bond donors (Lipinski definition) is 1. The number of halogens is 3. The van der Waals surface area contributed by atoms with Crippen molar-refractivity contribution in [2.24, 2.45) is 0 Å². The van der Waals surface area contributed by atoms with E-state index < -0.39 is 22.8 Å². The summed E-state index contributed by atoms with van der Waals surface area (Å²) in [4.78, 5) is 14.6. The Hall–Kier alpha value is -2.79. The molecule has 0 radical (unpaired) electrons. The van der Waals surface area contributed by atoms with Crippen molar-refractivity contribution in [3.05, 3.63) is 59.0 Å². The van der Waals surface area contributed by atoms with Crippen molar-refractivity contribution < 1.29 is 22.4 Å². The fourth-order valence-electron chi connectivity index (χ4n) is 3.26. The summed E-state index contributed by atoms with van der Waals surface area (Å²) in [5, 5.41) is 12.2. The van der Waals surface area contributed by atoms with Crippen molar-refractivity contribution in [1.29, 1.82) is 5.26 Å². The molecule has 2 rings (SSSR count). The van der Waals surface area contributed by atoms with E-state index in [2.05, 4.69) is 5.32 Å².